The Morgan fingerprint density at radius 1 is 0.850 bits per heavy atom. The zero-order chi connectivity index (χ0) is 14.1. The molecule has 0 unspecified atom stereocenters. The van der Waals surface area contributed by atoms with Crippen molar-refractivity contribution in [1.29, 1.82) is 0 Å². The van der Waals surface area contributed by atoms with E-state index in [4.69, 9.17) is 0 Å². The zero-order valence-corrected chi connectivity index (χ0v) is 18.2. The van der Waals surface area contributed by atoms with Crippen LogP contribution in [-0.2, 0) is 23.3 Å². The third-order valence-electron chi connectivity index (χ3n) is 2.63. The van der Waals surface area contributed by atoms with Crippen LogP contribution in [0, 0.1) is 27.7 Å². The third-order valence-corrected chi connectivity index (χ3v) is 2.63. The fourth-order valence-electron chi connectivity index (χ4n) is 1.20. The van der Waals surface area contributed by atoms with Gasteiger partial charge in [0.1, 0.15) is 0 Å². The number of hydrogen-bond donors (Lipinski definition) is 0. The van der Waals surface area contributed by atoms with Gasteiger partial charge in [-0.1, -0.05) is 27.7 Å². The molecule has 0 aromatic heterocycles. The molecule has 112 valence electrons. The van der Waals surface area contributed by atoms with E-state index in [1.807, 2.05) is 0 Å². The van der Waals surface area contributed by atoms with Crippen LogP contribution in [0.5, 0.6) is 0 Å². The van der Waals surface area contributed by atoms with E-state index in [0.29, 0.717) is 0 Å². The SMILES string of the molecule is C[Si](C)=[Zr+2].Cc1ccc[c-]1C.Cc1ccc[c-]1C.[Cl-].[Cl-]. The van der Waals surface area contributed by atoms with Gasteiger partial charge >= 0.3 is 41.9 Å². The molecule has 2 rings (SSSR count). The van der Waals surface area contributed by atoms with Gasteiger partial charge in [-0.25, -0.2) is 24.3 Å². The smallest absolute Gasteiger partial charge is 0.0632 e. The van der Waals surface area contributed by atoms with Gasteiger partial charge in [-0.15, -0.1) is 0 Å². The van der Waals surface area contributed by atoms with Gasteiger partial charge in [0.25, 0.3) is 0 Å². The maximum Gasteiger partial charge on any atom is -0.0632 e. The molecule has 0 heterocycles. The van der Waals surface area contributed by atoms with Crippen molar-refractivity contribution in [3.8, 4) is 0 Å². The molecule has 0 saturated carbocycles. The first-order valence-electron chi connectivity index (χ1n) is 6.24. The largest absolute Gasteiger partial charge is 1.00 e. The summed E-state index contributed by atoms with van der Waals surface area (Å²) in [7, 11) is 0. The molecule has 0 spiro atoms. The Balaban J connectivity index is -0.000000215. The van der Waals surface area contributed by atoms with Crippen molar-refractivity contribution in [2.24, 2.45) is 0 Å². The number of aryl methyl sites for hydroxylation is 4. The van der Waals surface area contributed by atoms with Crippen LogP contribution in [0.3, 0.4) is 0 Å². The molecule has 0 fully saturated rings. The molecule has 0 atom stereocenters. The van der Waals surface area contributed by atoms with E-state index in [2.05, 4.69) is 77.2 Å². The molecule has 0 saturated heterocycles. The minimum atomic E-state index is 0. The molecular weight excluding hydrogens is 382 g/mol. The van der Waals surface area contributed by atoms with Gasteiger partial charge in [0.2, 0.25) is 0 Å². The Morgan fingerprint density at radius 3 is 1.15 bits per heavy atom. The van der Waals surface area contributed by atoms with Gasteiger partial charge in [-0.3, -0.25) is 0 Å². The molecule has 4 heteroatoms. The average molecular weight is 407 g/mol. The Kier molecular flexibility index (Phi) is 18.1. The summed E-state index contributed by atoms with van der Waals surface area (Å²) >= 11 is 1.74. The van der Waals surface area contributed by atoms with Crippen molar-refractivity contribution in [2.75, 3.05) is 0 Å². The van der Waals surface area contributed by atoms with Crippen molar-refractivity contribution in [2.45, 2.75) is 40.8 Å². The van der Waals surface area contributed by atoms with Crippen LogP contribution in [0.1, 0.15) is 22.3 Å². The van der Waals surface area contributed by atoms with E-state index < -0.39 is 0 Å². The van der Waals surface area contributed by atoms with Crippen molar-refractivity contribution >= 4 is 5.43 Å². The minimum Gasteiger partial charge on any atom is -1.00 e. The molecule has 0 amide bonds. The van der Waals surface area contributed by atoms with Crippen molar-refractivity contribution in [3.63, 3.8) is 0 Å². The summed E-state index contributed by atoms with van der Waals surface area (Å²) in [6.07, 6.45) is 0. The summed E-state index contributed by atoms with van der Waals surface area (Å²) in [5, 5.41) is 0. The monoisotopic (exact) mass is 404 g/mol. The first kappa shape index (κ1) is 25.3. The first-order valence-corrected chi connectivity index (χ1v) is 12.4. The fourth-order valence-corrected chi connectivity index (χ4v) is 1.20. The number of halogens is 2. The van der Waals surface area contributed by atoms with Crippen LogP contribution in [0.2, 0.25) is 13.1 Å². The molecule has 2 aromatic carbocycles. The Hall–Kier alpha value is 0.380. The molecular formula is C16H24Cl2SiZr-2. The summed E-state index contributed by atoms with van der Waals surface area (Å²) in [5.41, 5.74) is 5.77. The van der Waals surface area contributed by atoms with E-state index in [0.717, 1.165) is 0 Å². The molecule has 0 N–H and O–H groups in total. The van der Waals surface area contributed by atoms with E-state index in [-0.39, 0.29) is 30.2 Å². The summed E-state index contributed by atoms with van der Waals surface area (Å²) in [4.78, 5) is 0. The maximum atomic E-state index is 2.31. The van der Waals surface area contributed by atoms with Crippen LogP contribution in [0.4, 0.5) is 0 Å². The minimum absolute atomic E-state index is 0. The van der Waals surface area contributed by atoms with E-state index >= 15 is 0 Å². The maximum absolute atomic E-state index is 2.31. The first-order chi connectivity index (χ1) is 8.34. The molecule has 0 nitrogen and oxygen atoms in total. The van der Waals surface area contributed by atoms with E-state index in [1.165, 1.54) is 22.3 Å². The summed E-state index contributed by atoms with van der Waals surface area (Å²) in [6.45, 7) is 13.1. The fraction of sp³-hybridized carbons (Fsp3) is 0.375. The van der Waals surface area contributed by atoms with Gasteiger partial charge in [0.05, 0.1) is 0 Å². The van der Waals surface area contributed by atoms with E-state index in [9.17, 15) is 0 Å². The van der Waals surface area contributed by atoms with Crippen LogP contribution in [0.15, 0.2) is 36.4 Å². The zero-order valence-electron chi connectivity index (χ0n) is 13.2. The Morgan fingerprint density at radius 2 is 1.10 bits per heavy atom. The number of hydrogen-bond acceptors (Lipinski definition) is 0. The topological polar surface area (TPSA) is 0 Å². The second-order valence-corrected chi connectivity index (χ2v) is 14.2. The number of rotatable bonds is 0. The molecule has 0 radical (unpaired) electrons. The van der Waals surface area contributed by atoms with Gasteiger partial charge in [-0.05, 0) is 0 Å². The van der Waals surface area contributed by atoms with E-state index in [1.54, 1.807) is 23.3 Å². The average Bonchev–Trinajstić information content (AvgIpc) is 2.79. The molecule has 0 bridgehead atoms. The molecule has 0 aliphatic rings. The quantitative estimate of drug-likeness (QED) is 0.382. The van der Waals surface area contributed by atoms with Gasteiger partial charge in [-0.2, -0.15) is 34.4 Å². The van der Waals surface area contributed by atoms with Gasteiger partial charge < -0.3 is 24.8 Å². The Bertz CT molecular complexity index is 397. The standard InChI is InChI=1S/2C7H9.C2H6Si.2ClH.Zr/c2*1-6-4-3-5-7(6)2;1-3-2;;;/h2*3-5H,1-2H3;1-2H3;2*1H;/q2*-1;;;;+2/p-2. The molecule has 20 heavy (non-hydrogen) atoms. The van der Waals surface area contributed by atoms with Crippen molar-refractivity contribution in [3.05, 3.63) is 58.7 Å². The Labute approximate surface area is 152 Å². The van der Waals surface area contributed by atoms with Crippen LogP contribution in [0.25, 0.3) is 0 Å². The molecule has 2 aromatic rings. The second-order valence-electron chi connectivity index (χ2n) is 4.78. The van der Waals surface area contributed by atoms with Crippen molar-refractivity contribution < 1.29 is 48.1 Å². The summed E-state index contributed by atoms with van der Waals surface area (Å²) < 4.78 is 0. The summed E-state index contributed by atoms with van der Waals surface area (Å²) in [5.74, 6) is 0. The van der Waals surface area contributed by atoms with Crippen LogP contribution in [-0.4, -0.2) is 5.43 Å². The van der Waals surface area contributed by atoms with Gasteiger partial charge in [0, 0.05) is 0 Å². The normalized spacial score (nSPS) is 8.00. The van der Waals surface area contributed by atoms with Crippen molar-refractivity contribution in [1.82, 2.24) is 0 Å². The molecule has 0 aliphatic heterocycles. The van der Waals surface area contributed by atoms with Gasteiger partial charge in [0.15, 0.2) is 0 Å². The molecule has 0 aliphatic carbocycles. The second kappa shape index (κ2) is 14.3. The van der Waals surface area contributed by atoms with Crippen LogP contribution >= 0.6 is 0 Å². The predicted octanol–water partition coefficient (Wildman–Crippen LogP) is -1.16. The van der Waals surface area contributed by atoms with Crippen LogP contribution < -0.4 is 24.8 Å². The predicted molar refractivity (Wildman–Crippen MR) is 80.5 cm³/mol. The summed E-state index contributed by atoms with van der Waals surface area (Å²) in [6, 6.07) is 12.6. The third kappa shape index (κ3) is 13.4.